The van der Waals surface area contributed by atoms with Crippen LogP contribution in [0, 0.1) is 0 Å². The number of halogens is 1. The van der Waals surface area contributed by atoms with Crippen LogP contribution in [0.2, 0.25) is 0 Å². The summed E-state index contributed by atoms with van der Waals surface area (Å²) in [6.07, 6.45) is 1.72. The Balaban J connectivity index is 0.00000392. The summed E-state index contributed by atoms with van der Waals surface area (Å²) in [6.45, 7) is 1.54. The van der Waals surface area contributed by atoms with E-state index in [2.05, 4.69) is 21.7 Å². The van der Waals surface area contributed by atoms with Crippen molar-refractivity contribution in [3.05, 3.63) is 53.6 Å². The lowest BCUT2D eigenvalue weighted by molar-refractivity contribution is 0.354. The molecule has 0 aliphatic heterocycles. The highest BCUT2D eigenvalue weighted by atomic mass is 127. The van der Waals surface area contributed by atoms with Gasteiger partial charge in [0, 0.05) is 20.1 Å². The highest BCUT2D eigenvalue weighted by Gasteiger charge is 2.05. The van der Waals surface area contributed by atoms with E-state index in [-0.39, 0.29) is 24.0 Å². The lowest BCUT2D eigenvalue weighted by atomic mass is 10.1. The van der Waals surface area contributed by atoms with Gasteiger partial charge >= 0.3 is 0 Å². The van der Waals surface area contributed by atoms with Crippen LogP contribution in [0.3, 0.4) is 0 Å². The van der Waals surface area contributed by atoms with Crippen molar-refractivity contribution in [2.75, 3.05) is 41.5 Å². The first-order valence-corrected chi connectivity index (χ1v) is 8.99. The summed E-state index contributed by atoms with van der Waals surface area (Å²) in [5, 5.41) is 6.67. The van der Waals surface area contributed by atoms with Crippen molar-refractivity contribution >= 4 is 29.9 Å². The molecular formula is C21H30IN3O3. The molecule has 0 bridgehead atoms. The number of methoxy groups -OCH3 is 3. The number of aliphatic imine (C=N–C) groups is 1. The van der Waals surface area contributed by atoms with Crippen molar-refractivity contribution in [1.82, 2.24) is 10.6 Å². The van der Waals surface area contributed by atoms with Crippen LogP contribution in [0.15, 0.2) is 47.5 Å². The predicted octanol–water partition coefficient (Wildman–Crippen LogP) is 3.28. The van der Waals surface area contributed by atoms with E-state index >= 15 is 0 Å². The Kier molecular flexibility index (Phi) is 11.2. The van der Waals surface area contributed by atoms with E-state index < -0.39 is 0 Å². The molecule has 2 rings (SSSR count). The largest absolute Gasteiger partial charge is 0.496 e. The minimum atomic E-state index is 0. The maximum absolute atomic E-state index is 5.39. The monoisotopic (exact) mass is 499 g/mol. The molecule has 0 spiro atoms. The zero-order valence-corrected chi connectivity index (χ0v) is 19.3. The second-order valence-corrected chi connectivity index (χ2v) is 5.93. The van der Waals surface area contributed by atoms with Gasteiger partial charge < -0.3 is 24.8 Å². The third-order valence-electron chi connectivity index (χ3n) is 4.26. The molecule has 28 heavy (non-hydrogen) atoms. The Morgan fingerprint density at radius 1 is 0.821 bits per heavy atom. The molecule has 6 nitrogen and oxygen atoms in total. The number of guanidine groups is 1. The van der Waals surface area contributed by atoms with Crippen molar-refractivity contribution in [3.8, 4) is 17.2 Å². The Hall–Kier alpha value is -2.16. The predicted molar refractivity (Wildman–Crippen MR) is 125 cm³/mol. The van der Waals surface area contributed by atoms with Gasteiger partial charge in [-0.2, -0.15) is 0 Å². The summed E-state index contributed by atoms with van der Waals surface area (Å²) < 4.78 is 16.0. The first-order valence-electron chi connectivity index (χ1n) is 8.99. The fourth-order valence-electron chi connectivity index (χ4n) is 2.81. The molecule has 0 aromatic heterocycles. The van der Waals surface area contributed by atoms with Gasteiger partial charge in [0.25, 0.3) is 0 Å². The van der Waals surface area contributed by atoms with Crippen LogP contribution in [0.4, 0.5) is 0 Å². The van der Waals surface area contributed by atoms with Gasteiger partial charge in [-0.3, -0.25) is 4.99 Å². The molecule has 2 aromatic carbocycles. The van der Waals surface area contributed by atoms with E-state index in [9.17, 15) is 0 Å². The van der Waals surface area contributed by atoms with Crippen molar-refractivity contribution in [1.29, 1.82) is 0 Å². The van der Waals surface area contributed by atoms with Crippen LogP contribution in [0.25, 0.3) is 0 Å². The lowest BCUT2D eigenvalue weighted by Crippen LogP contribution is -2.39. The molecule has 2 N–H and O–H groups in total. The van der Waals surface area contributed by atoms with E-state index in [0.29, 0.717) is 0 Å². The second kappa shape index (κ2) is 13.1. The summed E-state index contributed by atoms with van der Waals surface area (Å²) in [6, 6.07) is 14.0. The topological polar surface area (TPSA) is 64.1 Å². The normalized spacial score (nSPS) is 10.6. The van der Waals surface area contributed by atoms with Crippen molar-refractivity contribution in [3.63, 3.8) is 0 Å². The van der Waals surface area contributed by atoms with Gasteiger partial charge in [-0.25, -0.2) is 0 Å². The number of hydrogen-bond donors (Lipinski definition) is 2. The van der Waals surface area contributed by atoms with Crippen molar-refractivity contribution in [2.24, 2.45) is 4.99 Å². The van der Waals surface area contributed by atoms with Crippen molar-refractivity contribution < 1.29 is 14.2 Å². The SMILES string of the molecule is CN=C(NCCc1ccc(OC)c(OC)c1)NCCc1ccccc1OC.I. The van der Waals surface area contributed by atoms with Gasteiger partial charge in [0.15, 0.2) is 17.5 Å². The van der Waals surface area contributed by atoms with Gasteiger partial charge in [0.05, 0.1) is 21.3 Å². The van der Waals surface area contributed by atoms with Crippen LogP contribution in [-0.2, 0) is 12.8 Å². The quantitative estimate of drug-likeness (QED) is 0.315. The summed E-state index contributed by atoms with van der Waals surface area (Å²) in [4.78, 5) is 4.27. The van der Waals surface area contributed by atoms with Crippen LogP contribution < -0.4 is 24.8 Å². The molecule has 2 aromatic rings. The van der Waals surface area contributed by atoms with E-state index in [1.54, 1.807) is 28.4 Å². The number of rotatable bonds is 9. The van der Waals surface area contributed by atoms with E-state index in [0.717, 1.165) is 49.1 Å². The first-order chi connectivity index (χ1) is 13.2. The fourth-order valence-corrected chi connectivity index (χ4v) is 2.81. The molecule has 0 aliphatic rings. The standard InChI is InChI=1S/C21H29N3O3.HI/c1-22-21(24-14-12-17-7-5-6-8-18(17)25-2)23-13-11-16-9-10-19(26-3)20(15-16)27-4;/h5-10,15H,11-14H2,1-4H3,(H2,22,23,24);1H. The molecule has 0 unspecified atom stereocenters. The van der Waals surface area contributed by atoms with Crippen LogP contribution >= 0.6 is 24.0 Å². The highest BCUT2D eigenvalue weighted by Crippen LogP contribution is 2.27. The van der Waals surface area contributed by atoms with Crippen LogP contribution in [0.1, 0.15) is 11.1 Å². The smallest absolute Gasteiger partial charge is 0.190 e. The minimum Gasteiger partial charge on any atom is -0.496 e. The molecule has 0 aliphatic carbocycles. The maximum atomic E-state index is 5.39. The Bertz CT molecular complexity index is 753. The number of nitrogens with zero attached hydrogens (tertiary/aromatic N) is 1. The molecule has 0 atom stereocenters. The summed E-state index contributed by atoms with van der Waals surface area (Å²) in [5.74, 6) is 3.18. The molecule has 0 saturated carbocycles. The average molecular weight is 499 g/mol. The second-order valence-electron chi connectivity index (χ2n) is 5.93. The van der Waals surface area contributed by atoms with Gasteiger partial charge in [-0.05, 0) is 42.2 Å². The van der Waals surface area contributed by atoms with Gasteiger partial charge in [-0.15, -0.1) is 24.0 Å². The molecule has 154 valence electrons. The molecular weight excluding hydrogens is 469 g/mol. The van der Waals surface area contributed by atoms with Crippen LogP contribution in [-0.4, -0.2) is 47.4 Å². The summed E-state index contributed by atoms with van der Waals surface area (Å²) >= 11 is 0. The molecule has 0 radical (unpaired) electrons. The maximum Gasteiger partial charge on any atom is 0.190 e. The number of hydrogen-bond acceptors (Lipinski definition) is 4. The van der Waals surface area contributed by atoms with Crippen molar-refractivity contribution in [2.45, 2.75) is 12.8 Å². The summed E-state index contributed by atoms with van der Waals surface area (Å²) in [5.41, 5.74) is 2.35. The van der Waals surface area contributed by atoms with Gasteiger partial charge in [0.2, 0.25) is 0 Å². The average Bonchev–Trinajstić information content (AvgIpc) is 2.72. The van der Waals surface area contributed by atoms with E-state index in [1.165, 1.54) is 11.1 Å². The van der Waals surface area contributed by atoms with Crippen LogP contribution in [0.5, 0.6) is 17.2 Å². The third-order valence-corrected chi connectivity index (χ3v) is 4.26. The Morgan fingerprint density at radius 3 is 2.11 bits per heavy atom. The van der Waals surface area contributed by atoms with E-state index in [1.807, 2.05) is 36.4 Å². The number of ether oxygens (including phenoxy) is 3. The number of para-hydroxylation sites is 1. The zero-order chi connectivity index (χ0) is 19.5. The summed E-state index contributed by atoms with van der Waals surface area (Å²) in [7, 11) is 6.75. The van der Waals surface area contributed by atoms with Gasteiger partial charge in [0.1, 0.15) is 5.75 Å². The molecule has 0 heterocycles. The van der Waals surface area contributed by atoms with Gasteiger partial charge in [-0.1, -0.05) is 24.3 Å². The number of nitrogens with one attached hydrogen (secondary N) is 2. The molecule has 0 saturated heterocycles. The molecule has 0 fully saturated rings. The minimum absolute atomic E-state index is 0. The Labute approximate surface area is 184 Å². The molecule has 0 amide bonds. The Morgan fingerprint density at radius 2 is 1.46 bits per heavy atom. The fraction of sp³-hybridized carbons (Fsp3) is 0.381. The lowest BCUT2D eigenvalue weighted by Gasteiger charge is -2.14. The number of benzene rings is 2. The first kappa shape index (κ1) is 23.9. The zero-order valence-electron chi connectivity index (χ0n) is 17.0. The molecule has 7 heteroatoms. The highest BCUT2D eigenvalue weighted by molar-refractivity contribution is 14.0. The third kappa shape index (κ3) is 7.10. The van der Waals surface area contributed by atoms with E-state index in [4.69, 9.17) is 14.2 Å².